The van der Waals surface area contributed by atoms with Gasteiger partial charge in [-0.3, -0.25) is 19.6 Å². The van der Waals surface area contributed by atoms with Gasteiger partial charge in [-0.15, -0.1) is 0 Å². The molecule has 0 saturated carbocycles. The van der Waals surface area contributed by atoms with Crippen molar-refractivity contribution in [1.29, 1.82) is 0 Å². The summed E-state index contributed by atoms with van der Waals surface area (Å²) >= 11 is 0. The molecule has 0 aromatic heterocycles. The van der Waals surface area contributed by atoms with Crippen LogP contribution in [0.25, 0.3) is 12.2 Å². The summed E-state index contributed by atoms with van der Waals surface area (Å²) in [6, 6.07) is 21.7. The zero-order valence-corrected chi connectivity index (χ0v) is 20.1. The number of amides is 2. The second kappa shape index (κ2) is 12.5. The maximum Gasteiger partial charge on any atom is 0.248 e. The normalized spacial score (nSPS) is 12.2. The van der Waals surface area contributed by atoms with Crippen LogP contribution in [0.2, 0.25) is 0 Å². The molecule has 0 heterocycles. The van der Waals surface area contributed by atoms with Crippen LogP contribution in [0.1, 0.15) is 22.3 Å². The Kier molecular flexibility index (Phi) is 8.88. The highest BCUT2D eigenvalue weighted by Crippen LogP contribution is 2.12. The van der Waals surface area contributed by atoms with E-state index in [2.05, 4.69) is 20.6 Å². The van der Waals surface area contributed by atoms with Crippen molar-refractivity contribution in [3.05, 3.63) is 107 Å². The van der Waals surface area contributed by atoms with Gasteiger partial charge in [0.2, 0.25) is 11.8 Å². The van der Waals surface area contributed by atoms with E-state index in [1.54, 1.807) is 74.8 Å². The molecule has 0 unspecified atom stereocenters. The zero-order valence-electron chi connectivity index (χ0n) is 20.1. The molecule has 0 radical (unpaired) electrons. The molecule has 0 aliphatic carbocycles. The fourth-order valence-electron chi connectivity index (χ4n) is 3.14. The molecule has 8 heteroatoms. The Balaban J connectivity index is 1.51. The predicted octanol–water partition coefficient (Wildman–Crippen LogP) is 3.66. The average molecular weight is 481 g/mol. The average Bonchev–Trinajstić information content (AvgIpc) is 2.91. The summed E-state index contributed by atoms with van der Waals surface area (Å²) in [7, 11) is 3.25. The third kappa shape index (κ3) is 7.53. The standard InChI is InChI=1S/C28H28N6O2/c1-31-27(29)21-9-13-23(14-10-21)33-25(35)17-7-19-3-5-20(6-4-19)8-18-26(36)34-24-15-11-22(12-16-24)28(30)32-2/h3-18H,1-2H3,(H2,29,31)(H2,30,32)(H,33,35)(H,34,36). The van der Waals surface area contributed by atoms with E-state index < -0.39 is 0 Å². The molecule has 0 bridgehead atoms. The highest BCUT2D eigenvalue weighted by molar-refractivity contribution is 6.03. The number of nitrogens with two attached hydrogens (primary N) is 2. The van der Waals surface area contributed by atoms with E-state index in [1.165, 1.54) is 12.2 Å². The van der Waals surface area contributed by atoms with Crippen molar-refractivity contribution in [1.82, 2.24) is 0 Å². The Morgan fingerprint density at radius 3 is 1.25 bits per heavy atom. The molecule has 0 aliphatic rings. The Labute approximate surface area is 210 Å². The van der Waals surface area contributed by atoms with Gasteiger partial charge in [-0.05, 0) is 71.8 Å². The highest BCUT2D eigenvalue weighted by Gasteiger charge is 2.02. The number of nitrogens with zero attached hydrogens (tertiary/aromatic N) is 2. The number of carbonyl (C=O) groups is 2. The quantitative estimate of drug-likeness (QED) is 0.222. The van der Waals surface area contributed by atoms with E-state index in [9.17, 15) is 9.59 Å². The van der Waals surface area contributed by atoms with Crippen LogP contribution in [0.5, 0.6) is 0 Å². The van der Waals surface area contributed by atoms with Crippen molar-refractivity contribution < 1.29 is 9.59 Å². The first-order valence-corrected chi connectivity index (χ1v) is 11.1. The summed E-state index contributed by atoms with van der Waals surface area (Å²) in [6.45, 7) is 0. The van der Waals surface area contributed by atoms with Gasteiger partial charge in [0.05, 0.1) is 0 Å². The molecule has 2 amide bonds. The van der Waals surface area contributed by atoms with E-state index in [1.807, 2.05) is 24.3 Å². The number of amidine groups is 2. The number of anilines is 2. The van der Waals surface area contributed by atoms with Crippen LogP contribution in [0, 0.1) is 0 Å². The summed E-state index contributed by atoms with van der Waals surface area (Å²) in [6.07, 6.45) is 6.34. The first-order chi connectivity index (χ1) is 17.4. The zero-order chi connectivity index (χ0) is 25.9. The van der Waals surface area contributed by atoms with Crippen LogP contribution in [-0.4, -0.2) is 37.6 Å². The topological polar surface area (TPSA) is 135 Å². The first-order valence-electron chi connectivity index (χ1n) is 11.1. The van der Waals surface area contributed by atoms with E-state index in [-0.39, 0.29) is 11.8 Å². The Morgan fingerprint density at radius 1 is 0.611 bits per heavy atom. The molecule has 3 aromatic carbocycles. The molecule has 0 saturated heterocycles. The van der Waals surface area contributed by atoms with Gasteiger partial charge in [0.15, 0.2) is 0 Å². The minimum absolute atomic E-state index is 0.252. The van der Waals surface area contributed by atoms with E-state index in [4.69, 9.17) is 11.5 Å². The van der Waals surface area contributed by atoms with Gasteiger partial charge >= 0.3 is 0 Å². The maximum absolute atomic E-state index is 12.2. The van der Waals surface area contributed by atoms with Gasteiger partial charge in [-0.2, -0.15) is 0 Å². The summed E-state index contributed by atoms with van der Waals surface area (Å²) in [5.41, 5.74) is 16.1. The third-order valence-electron chi connectivity index (χ3n) is 5.17. The van der Waals surface area contributed by atoms with Crippen LogP contribution in [0.3, 0.4) is 0 Å². The van der Waals surface area contributed by atoms with Crippen LogP contribution in [0.15, 0.2) is 94.9 Å². The maximum atomic E-state index is 12.2. The van der Waals surface area contributed by atoms with Gasteiger partial charge in [0.25, 0.3) is 0 Å². The fourth-order valence-corrected chi connectivity index (χ4v) is 3.14. The molecular formula is C28H28N6O2. The number of aliphatic imine (C=N–C) groups is 2. The molecular weight excluding hydrogens is 452 g/mol. The molecule has 0 spiro atoms. The van der Waals surface area contributed by atoms with Crippen molar-refractivity contribution in [2.24, 2.45) is 21.5 Å². The molecule has 0 atom stereocenters. The minimum atomic E-state index is -0.252. The number of hydrogen-bond donors (Lipinski definition) is 4. The van der Waals surface area contributed by atoms with Crippen molar-refractivity contribution in [3.63, 3.8) is 0 Å². The second-order valence-electron chi connectivity index (χ2n) is 7.68. The summed E-state index contributed by atoms with van der Waals surface area (Å²) in [4.78, 5) is 32.3. The lowest BCUT2D eigenvalue weighted by Crippen LogP contribution is -2.13. The smallest absolute Gasteiger partial charge is 0.248 e. The molecule has 182 valence electrons. The Hall–Kier alpha value is -4.98. The number of nitrogens with one attached hydrogen (secondary N) is 2. The van der Waals surface area contributed by atoms with E-state index in [0.29, 0.717) is 23.0 Å². The Morgan fingerprint density at radius 2 is 0.944 bits per heavy atom. The predicted molar refractivity (Wildman–Crippen MR) is 148 cm³/mol. The Bertz CT molecular complexity index is 1220. The second-order valence-corrected chi connectivity index (χ2v) is 7.68. The number of rotatable bonds is 8. The van der Waals surface area contributed by atoms with Crippen molar-refractivity contribution in [3.8, 4) is 0 Å². The lowest BCUT2D eigenvalue weighted by molar-refractivity contribution is -0.112. The summed E-state index contributed by atoms with van der Waals surface area (Å²) in [5, 5.41) is 5.60. The van der Waals surface area contributed by atoms with Gasteiger partial charge < -0.3 is 22.1 Å². The molecule has 0 fully saturated rings. The van der Waals surface area contributed by atoms with Gasteiger partial charge in [-0.25, -0.2) is 0 Å². The van der Waals surface area contributed by atoms with E-state index in [0.717, 1.165) is 22.3 Å². The van der Waals surface area contributed by atoms with Crippen LogP contribution in [0.4, 0.5) is 11.4 Å². The molecule has 3 aromatic rings. The number of hydrogen-bond acceptors (Lipinski definition) is 4. The molecule has 6 N–H and O–H groups in total. The van der Waals surface area contributed by atoms with Crippen LogP contribution < -0.4 is 22.1 Å². The minimum Gasteiger partial charge on any atom is -0.384 e. The number of carbonyl (C=O) groups excluding carboxylic acids is 2. The molecule has 0 aliphatic heterocycles. The van der Waals surface area contributed by atoms with Crippen molar-refractivity contribution in [2.45, 2.75) is 0 Å². The van der Waals surface area contributed by atoms with Crippen molar-refractivity contribution >= 4 is 47.0 Å². The SMILES string of the molecule is CN=C(N)c1ccc(NC(=O)C=Cc2ccc(C=CC(=O)Nc3ccc(C(N)=NC)cc3)cc2)cc1. The summed E-state index contributed by atoms with van der Waals surface area (Å²) in [5.74, 6) is 0.368. The van der Waals surface area contributed by atoms with Crippen LogP contribution in [-0.2, 0) is 9.59 Å². The van der Waals surface area contributed by atoms with Gasteiger partial charge in [-0.1, -0.05) is 24.3 Å². The highest BCUT2D eigenvalue weighted by atomic mass is 16.2. The fraction of sp³-hybridized carbons (Fsp3) is 0.0714. The first kappa shape index (κ1) is 25.6. The molecule has 8 nitrogen and oxygen atoms in total. The third-order valence-corrected chi connectivity index (χ3v) is 5.17. The van der Waals surface area contributed by atoms with Gasteiger partial charge in [0, 0.05) is 48.7 Å². The van der Waals surface area contributed by atoms with Crippen molar-refractivity contribution in [2.75, 3.05) is 24.7 Å². The molecule has 36 heavy (non-hydrogen) atoms. The van der Waals surface area contributed by atoms with Gasteiger partial charge in [0.1, 0.15) is 11.7 Å². The monoisotopic (exact) mass is 480 g/mol. The lowest BCUT2D eigenvalue weighted by Gasteiger charge is -2.04. The molecule has 3 rings (SSSR count). The lowest BCUT2D eigenvalue weighted by atomic mass is 10.1. The van der Waals surface area contributed by atoms with E-state index >= 15 is 0 Å². The largest absolute Gasteiger partial charge is 0.384 e. The van der Waals surface area contributed by atoms with Crippen LogP contribution >= 0.6 is 0 Å². The summed E-state index contributed by atoms with van der Waals surface area (Å²) < 4.78 is 0. The number of benzene rings is 3.